The Morgan fingerprint density at radius 1 is 1.29 bits per heavy atom. The zero-order valence-corrected chi connectivity index (χ0v) is 16.6. The van der Waals surface area contributed by atoms with E-state index in [4.69, 9.17) is 4.74 Å². The van der Waals surface area contributed by atoms with E-state index in [-0.39, 0.29) is 49.4 Å². The molecule has 2 rings (SSSR count). The maximum Gasteiger partial charge on any atom is 0.411 e. The molecule has 0 spiro atoms. The van der Waals surface area contributed by atoms with Gasteiger partial charge in [0, 0.05) is 24.6 Å². The van der Waals surface area contributed by atoms with E-state index in [1.807, 2.05) is 0 Å². The molecule has 1 aliphatic carbocycles. The molecule has 8 nitrogen and oxygen atoms in total. The molecule has 0 aromatic rings. The topological polar surface area (TPSA) is 105 Å². The van der Waals surface area contributed by atoms with Crippen molar-refractivity contribution in [3.05, 3.63) is 22.7 Å². The van der Waals surface area contributed by atoms with Gasteiger partial charge in [-0.2, -0.15) is 0 Å². The van der Waals surface area contributed by atoms with Gasteiger partial charge < -0.3 is 19.7 Å². The lowest BCUT2D eigenvalue weighted by atomic mass is 9.96. The number of allylic oxidation sites excluding steroid dienone is 1. The fourth-order valence-electron chi connectivity index (χ4n) is 3.15. The number of alkyl carbamates (subject to hydrolysis) is 1. The molecule has 154 valence electrons. The molecule has 1 heterocycles. The summed E-state index contributed by atoms with van der Waals surface area (Å²) in [7, 11) is 1.49. The minimum absolute atomic E-state index is 0.0654. The molecular formula is C19H26FN3O5. The number of carbonyl (C=O) groups excluding carboxylic acids is 4. The molecule has 0 saturated carbocycles. The first-order valence-corrected chi connectivity index (χ1v) is 9.15. The Labute approximate surface area is 163 Å². The number of amides is 3. The van der Waals surface area contributed by atoms with E-state index in [9.17, 15) is 23.6 Å². The molecule has 0 saturated heterocycles. The summed E-state index contributed by atoms with van der Waals surface area (Å²) in [6.45, 7) is 5.02. The van der Waals surface area contributed by atoms with Crippen molar-refractivity contribution in [1.82, 2.24) is 15.5 Å². The van der Waals surface area contributed by atoms with Crippen LogP contribution < -0.4 is 10.6 Å². The zero-order valence-electron chi connectivity index (χ0n) is 16.6. The molecule has 3 amide bonds. The monoisotopic (exact) mass is 395 g/mol. The average Bonchev–Trinajstić information content (AvgIpc) is 2.94. The van der Waals surface area contributed by atoms with Crippen LogP contribution in [-0.4, -0.2) is 54.3 Å². The first-order chi connectivity index (χ1) is 13.1. The molecule has 0 fully saturated rings. The number of ether oxygens (including phenoxy) is 1. The molecule has 1 aliphatic heterocycles. The van der Waals surface area contributed by atoms with Crippen molar-refractivity contribution in [1.29, 1.82) is 0 Å². The van der Waals surface area contributed by atoms with Crippen LogP contribution in [0, 0.1) is 0 Å². The maximum absolute atomic E-state index is 14.9. The largest absolute Gasteiger partial charge is 0.444 e. The van der Waals surface area contributed by atoms with E-state index in [1.165, 1.54) is 11.9 Å². The quantitative estimate of drug-likeness (QED) is 0.667. The predicted molar refractivity (Wildman–Crippen MR) is 98.6 cm³/mol. The molecular weight excluding hydrogens is 369 g/mol. The van der Waals surface area contributed by atoms with Crippen LogP contribution in [0.25, 0.3) is 0 Å². The molecule has 28 heavy (non-hydrogen) atoms. The summed E-state index contributed by atoms with van der Waals surface area (Å²) in [5.41, 5.74) is -0.175. The lowest BCUT2D eigenvalue weighted by Crippen LogP contribution is -2.39. The minimum Gasteiger partial charge on any atom is -0.444 e. The van der Waals surface area contributed by atoms with Crippen LogP contribution in [0.4, 0.5) is 9.18 Å². The predicted octanol–water partition coefficient (Wildman–Crippen LogP) is 1.72. The van der Waals surface area contributed by atoms with Crippen LogP contribution in [-0.2, 0) is 19.1 Å². The fourth-order valence-corrected chi connectivity index (χ4v) is 3.15. The highest BCUT2D eigenvalue weighted by Gasteiger charge is 2.39. The zero-order chi connectivity index (χ0) is 21.1. The van der Waals surface area contributed by atoms with Crippen LogP contribution in [0.3, 0.4) is 0 Å². The highest BCUT2D eigenvalue weighted by atomic mass is 19.1. The van der Waals surface area contributed by atoms with Gasteiger partial charge in [0.1, 0.15) is 17.7 Å². The molecule has 1 unspecified atom stereocenters. The van der Waals surface area contributed by atoms with Crippen molar-refractivity contribution < 1.29 is 28.3 Å². The number of carbonyl (C=O) groups is 4. The molecule has 0 aromatic carbocycles. The Morgan fingerprint density at radius 3 is 2.54 bits per heavy atom. The third-order valence-corrected chi connectivity index (χ3v) is 4.52. The first-order valence-electron chi connectivity index (χ1n) is 9.15. The fraction of sp³-hybridized carbons (Fsp3) is 0.579. The number of hydrogen-bond donors (Lipinski definition) is 2. The van der Waals surface area contributed by atoms with Crippen molar-refractivity contribution in [2.24, 2.45) is 0 Å². The standard InChI is InChI=1S/C19H26FN3O5/c1-19(2,3)28-18(27)22-14-7-6-12-13(16(14)20)9-23(17(12)26)11(10-24)5-8-15(25)21-4/h10-11H,5-9H2,1-4H3,(H,21,25)(H,22,27). The smallest absolute Gasteiger partial charge is 0.411 e. The Balaban J connectivity index is 2.12. The van der Waals surface area contributed by atoms with Crippen LogP contribution in [0.1, 0.15) is 46.5 Å². The number of nitrogens with zero attached hydrogens (tertiary/aromatic N) is 1. The summed E-state index contributed by atoms with van der Waals surface area (Å²) in [5, 5.41) is 4.87. The summed E-state index contributed by atoms with van der Waals surface area (Å²) >= 11 is 0. The first kappa shape index (κ1) is 21.6. The van der Waals surface area contributed by atoms with Gasteiger partial charge in [0.15, 0.2) is 0 Å². The summed E-state index contributed by atoms with van der Waals surface area (Å²) in [6, 6.07) is -0.814. The maximum atomic E-state index is 14.9. The molecule has 0 bridgehead atoms. The highest BCUT2D eigenvalue weighted by Crippen LogP contribution is 2.37. The SMILES string of the molecule is CNC(=O)CCC(C=O)N1CC2=C(CCC(NC(=O)OC(C)(C)C)=C2F)C1=O. The third kappa shape index (κ3) is 4.96. The molecule has 2 aliphatic rings. The average molecular weight is 395 g/mol. The van der Waals surface area contributed by atoms with Crippen molar-refractivity contribution in [2.45, 2.75) is 58.1 Å². The van der Waals surface area contributed by atoms with E-state index < -0.39 is 29.5 Å². The van der Waals surface area contributed by atoms with Crippen molar-refractivity contribution >= 4 is 24.2 Å². The highest BCUT2D eigenvalue weighted by molar-refractivity contribution is 6.00. The molecule has 1 atom stereocenters. The van der Waals surface area contributed by atoms with Crippen molar-refractivity contribution in [3.8, 4) is 0 Å². The lowest BCUT2D eigenvalue weighted by molar-refractivity contribution is -0.132. The van der Waals surface area contributed by atoms with Crippen LogP contribution in [0.2, 0.25) is 0 Å². The minimum atomic E-state index is -0.814. The summed E-state index contributed by atoms with van der Waals surface area (Å²) < 4.78 is 20.0. The van der Waals surface area contributed by atoms with Gasteiger partial charge >= 0.3 is 6.09 Å². The number of aldehydes is 1. The van der Waals surface area contributed by atoms with Crippen LogP contribution in [0.5, 0.6) is 0 Å². The Morgan fingerprint density at radius 2 is 1.96 bits per heavy atom. The second-order valence-corrected chi connectivity index (χ2v) is 7.72. The Hall–Kier alpha value is -2.71. The lowest BCUT2D eigenvalue weighted by Gasteiger charge is -2.23. The van der Waals surface area contributed by atoms with E-state index in [0.29, 0.717) is 11.9 Å². The second kappa shape index (κ2) is 8.53. The van der Waals surface area contributed by atoms with Crippen molar-refractivity contribution in [2.75, 3.05) is 13.6 Å². The molecule has 9 heteroatoms. The number of hydrogen-bond acceptors (Lipinski definition) is 5. The normalized spacial score (nSPS) is 18.0. The van der Waals surface area contributed by atoms with E-state index in [0.717, 1.165) is 0 Å². The summed E-state index contributed by atoms with van der Waals surface area (Å²) in [5.74, 6) is -1.32. The van der Waals surface area contributed by atoms with Crippen molar-refractivity contribution in [3.63, 3.8) is 0 Å². The van der Waals surface area contributed by atoms with Gasteiger partial charge in [-0.05, 0) is 40.0 Å². The van der Waals surface area contributed by atoms with E-state index >= 15 is 0 Å². The Kier molecular flexibility index (Phi) is 6.58. The van der Waals surface area contributed by atoms with Gasteiger partial charge in [-0.3, -0.25) is 14.9 Å². The second-order valence-electron chi connectivity index (χ2n) is 7.72. The van der Waals surface area contributed by atoms with Gasteiger partial charge in [0.2, 0.25) is 5.91 Å². The molecule has 0 radical (unpaired) electrons. The van der Waals surface area contributed by atoms with Crippen LogP contribution >= 0.6 is 0 Å². The van der Waals surface area contributed by atoms with Gasteiger partial charge in [-0.15, -0.1) is 0 Å². The van der Waals surface area contributed by atoms with Gasteiger partial charge in [-0.1, -0.05) is 0 Å². The van der Waals surface area contributed by atoms with Gasteiger partial charge in [0.05, 0.1) is 18.3 Å². The number of nitrogens with one attached hydrogen (secondary N) is 2. The Bertz CT molecular complexity index is 751. The number of rotatable bonds is 6. The summed E-state index contributed by atoms with van der Waals surface area (Å²) in [4.78, 5) is 48.7. The molecule has 2 N–H and O–H groups in total. The van der Waals surface area contributed by atoms with E-state index in [2.05, 4.69) is 10.6 Å². The third-order valence-electron chi connectivity index (χ3n) is 4.52. The number of halogens is 1. The van der Waals surface area contributed by atoms with Gasteiger partial charge in [-0.25, -0.2) is 9.18 Å². The molecule has 0 aromatic heterocycles. The van der Waals surface area contributed by atoms with Crippen LogP contribution in [0.15, 0.2) is 22.7 Å². The van der Waals surface area contributed by atoms with Gasteiger partial charge in [0.25, 0.3) is 5.91 Å². The summed E-state index contributed by atoms with van der Waals surface area (Å²) in [6.07, 6.45) is 0.472. The van der Waals surface area contributed by atoms with E-state index in [1.54, 1.807) is 20.8 Å².